The van der Waals surface area contributed by atoms with Crippen molar-refractivity contribution in [3.63, 3.8) is 0 Å². The molecule has 0 unspecified atom stereocenters. The maximum absolute atomic E-state index is 4.39. The molecule has 0 radical (unpaired) electrons. The van der Waals surface area contributed by atoms with Crippen LogP contribution in [0.3, 0.4) is 0 Å². The lowest BCUT2D eigenvalue weighted by atomic mass is 10.2. The van der Waals surface area contributed by atoms with Gasteiger partial charge in [0.2, 0.25) is 0 Å². The van der Waals surface area contributed by atoms with E-state index in [1.54, 1.807) is 0 Å². The molecule has 3 rings (SSSR count). The standard InChI is InChI=1S/C10H10IN3/c11-7-1-2-9-10(3-7)14(6-13-9)8-4-12-5-8/h1-3,6,8,12H,4-5H2. The molecule has 1 aromatic heterocycles. The topological polar surface area (TPSA) is 29.9 Å². The highest BCUT2D eigenvalue weighted by atomic mass is 127. The maximum atomic E-state index is 4.39. The second kappa shape index (κ2) is 3.20. The number of hydrogen-bond donors (Lipinski definition) is 1. The molecule has 0 atom stereocenters. The molecule has 2 heterocycles. The SMILES string of the molecule is Ic1ccc2ncn(C3CNC3)c2c1. The Hall–Kier alpha value is -0.620. The molecule has 0 bridgehead atoms. The van der Waals surface area contributed by atoms with E-state index in [1.807, 2.05) is 6.33 Å². The molecule has 1 aliphatic heterocycles. The van der Waals surface area contributed by atoms with Gasteiger partial charge in [0.05, 0.1) is 23.4 Å². The first kappa shape index (κ1) is 8.67. The number of benzene rings is 1. The van der Waals surface area contributed by atoms with Crippen LogP contribution in [0.4, 0.5) is 0 Å². The highest BCUT2D eigenvalue weighted by molar-refractivity contribution is 14.1. The van der Waals surface area contributed by atoms with Gasteiger partial charge < -0.3 is 9.88 Å². The van der Waals surface area contributed by atoms with Gasteiger partial charge >= 0.3 is 0 Å². The van der Waals surface area contributed by atoms with Crippen LogP contribution in [0.2, 0.25) is 0 Å². The van der Waals surface area contributed by atoms with Crippen molar-refractivity contribution in [1.82, 2.24) is 14.9 Å². The van der Waals surface area contributed by atoms with Gasteiger partial charge in [-0.2, -0.15) is 0 Å². The molecule has 3 nitrogen and oxygen atoms in total. The normalized spacial score (nSPS) is 17.2. The molecule has 14 heavy (non-hydrogen) atoms. The summed E-state index contributed by atoms with van der Waals surface area (Å²) >= 11 is 2.34. The summed E-state index contributed by atoms with van der Waals surface area (Å²) in [6.45, 7) is 2.13. The number of hydrogen-bond acceptors (Lipinski definition) is 2. The van der Waals surface area contributed by atoms with Crippen LogP contribution in [0.5, 0.6) is 0 Å². The summed E-state index contributed by atoms with van der Waals surface area (Å²) in [6, 6.07) is 6.97. The maximum Gasteiger partial charge on any atom is 0.0961 e. The monoisotopic (exact) mass is 299 g/mol. The first-order chi connectivity index (χ1) is 6.84. The van der Waals surface area contributed by atoms with E-state index in [0.717, 1.165) is 18.6 Å². The summed E-state index contributed by atoms with van der Waals surface area (Å²) in [6.07, 6.45) is 1.95. The van der Waals surface area contributed by atoms with Crippen molar-refractivity contribution in [2.24, 2.45) is 0 Å². The zero-order valence-electron chi connectivity index (χ0n) is 7.57. The minimum Gasteiger partial charge on any atom is -0.325 e. The van der Waals surface area contributed by atoms with E-state index >= 15 is 0 Å². The molecule has 1 saturated heterocycles. The van der Waals surface area contributed by atoms with E-state index in [-0.39, 0.29) is 0 Å². The summed E-state index contributed by atoms with van der Waals surface area (Å²) in [5, 5.41) is 3.28. The summed E-state index contributed by atoms with van der Waals surface area (Å²) < 4.78 is 3.54. The van der Waals surface area contributed by atoms with Crippen LogP contribution in [-0.2, 0) is 0 Å². The average molecular weight is 299 g/mol. The Morgan fingerprint density at radius 2 is 2.29 bits per heavy atom. The quantitative estimate of drug-likeness (QED) is 0.814. The number of aromatic nitrogens is 2. The number of imidazole rings is 1. The zero-order valence-corrected chi connectivity index (χ0v) is 9.73. The highest BCUT2D eigenvalue weighted by Gasteiger charge is 2.20. The van der Waals surface area contributed by atoms with Gasteiger partial charge in [-0.15, -0.1) is 0 Å². The van der Waals surface area contributed by atoms with Gasteiger partial charge in [0, 0.05) is 16.7 Å². The van der Waals surface area contributed by atoms with Crippen molar-refractivity contribution in [2.45, 2.75) is 6.04 Å². The van der Waals surface area contributed by atoms with Crippen molar-refractivity contribution >= 4 is 33.6 Å². The van der Waals surface area contributed by atoms with E-state index in [1.165, 1.54) is 9.09 Å². The average Bonchev–Trinajstić information content (AvgIpc) is 2.46. The van der Waals surface area contributed by atoms with Gasteiger partial charge in [-0.05, 0) is 40.8 Å². The number of fused-ring (bicyclic) bond motifs is 1. The second-order valence-corrected chi connectivity index (χ2v) is 4.84. The summed E-state index contributed by atoms with van der Waals surface area (Å²) in [5.41, 5.74) is 2.35. The molecule has 1 aliphatic rings. The third-order valence-corrected chi connectivity index (χ3v) is 3.36. The van der Waals surface area contributed by atoms with Gasteiger partial charge in [-0.1, -0.05) is 0 Å². The van der Waals surface area contributed by atoms with Crippen LogP contribution in [0.25, 0.3) is 11.0 Å². The minimum absolute atomic E-state index is 0.596. The first-order valence-corrected chi connectivity index (χ1v) is 5.75. The smallest absolute Gasteiger partial charge is 0.0961 e. The molecule has 4 heteroatoms. The van der Waals surface area contributed by atoms with Crippen molar-refractivity contribution in [1.29, 1.82) is 0 Å². The summed E-state index contributed by atoms with van der Waals surface area (Å²) in [7, 11) is 0. The summed E-state index contributed by atoms with van der Waals surface area (Å²) in [4.78, 5) is 4.39. The Bertz CT molecular complexity index is 473. The number of nitrogens with zero attached hydrogens (tertiary/aromatic N) is 2. The highest BCUT2D eigenvalue weighted by Crippen LogP contribution is 2.21. The predicted molar refractivity (Wildman–Crippen MR) is 64.4 cm³/mol. The number of halogens is 1. The number of rotatable bonds is 1. The van der Waals surface area contributed by atoms with Gasteiger partial charge in [0.15, 0.2) is 0 Å². The van der Waals surface area contributed by atoms with Crippen molar-refractivity contribution in [3.05, 3.63) is 28.1 Å². The Kier molecular flexibility index (Phi) is 1.98. The molecule has 1 fully saturated rings. The minimum atomic E-state index is 0.596. The molecule has 1 N–H and O–H groups in total. The van der Waals surface area contributed by atoms with Crippen molar-refractivity contribution in [3.8, 4) is 0 Å². The van der Waals surface area contributed by atoms with E-state index < -0.39 is 0 Å². The molecule has 0 aliphatic carbocycles. The first-order valence-electron chi connectivity index (χ1n) is 4.67. The van der Waals surface area contributed by atoms with Crippen LogP contribution >= 0.6 is 22.6 Å². The van der Waals surface area contributed by atoms with Crippen LogP contribution in [0.1, 0.15) is 6.04 Å². The Balaban J connectivity index is 2.18. The molecular formula is C10H10IN3. The lowest BCUT2D eigenvalue weighted by molar-refractivity contribution is 0.350. The van der Waals surface area contributed by atoms with Crippen LogP contribution in [-0.4, -0.2) is 22.6 Å². The largest absolute Gasteiger partial charge is 0.325 e. The van der Waals surface area contributed by atoms with E-state index in [9.17, 15) is 0 Å². The molecule has 1 aromatic carbocycles. The van der Waals surface area contributed by atoms with Gasteiger partial charge in [-0.3, -0.25) is 0 Å². The van der Waals surface area contributed by atoms with Gasteiger partial charge in [-0.25, -0.2) is 4.98 Å². The third kappa shape index (κ3) is 1.25. The molecule has 0 saturated carbocycles. The zero-order chi connectivity index (χ0) is 9.54. The Labute approximate surface area is 95.7 Å². The van der Waals surface area contributed by atoms with Crippen LogP contribution < -0.4 is 5.32 Å². The predicted octanol–water partition coefficient (Wildman–Crippen LogP) is 1.79. The summed E-state index contributed by atoms with van der Waals surface area (Å²) in [5.74, 6) is 0. The fourth-order valence-corrected chi connectivity index (χ4v) is 2.24. The van der Waals surface area contributed by atoms with E-state index in [2.05, 4.69) is 55.7 Å². The molecule has 0 spiro atoms. The number of nitrogens with one attached hydrogen (secondary N) is 1. The Morgan fingerprint density at radius 3 is 3.00 bits per heavy atom. The lowest BCUT2D eigenvalue weighted by Crippen LogP contribution is -2.43. The van der Waals surface area contributed by atoms with Gasteiger partial charge in [0.1, 0.15) is 0 Å². The Morgan fingerprint density at radius 1 is 1.43 bits per heavy atom. The van der Waals surface area contributed by atoms with Crippen LogP contribution in [0, 0.1) is 3.57 Å². The molecule has 72 valence electrons. The third-order valence-electron chi connectivity index (χ3n) is 2.69. The van der Waals surface area contributed by atoms with Crippen molar-refractivity contribution in [2.75, 3.05) is 13.1 Å². The fraction of sp³-hybridized carbons (Fsp3) is 0.300. The van der Waals surface area contributed by atoms with Crippen LogP contribution in [0.15, 0.2) is 24.5 Å². The fourth-order valence-electron chi connectivity index (χ4n) is 1.76. The second-order valence-electron chi connectivity index (χ2n) is 3.60. The molecule has 0 amide bonds. The van der Waals surface area contributed by atoms with Gasteiger partial charge in [0.25, 0.3) is 0 Å². The molecule has 2 aromatic rings. The lowest BCUT2D eigenvalue weighted by Gasteiger charge is -2.28. The molecular weight excluding hydrogens is 289 g/mol. The van der Waals surface area contributed by atoms with E-state index in [0.29, 0.717) is 6.04 Å². The van der Waals surface area contributed by atoms with E-state index in [4.69, 9.17) is 0 Å². The van der Waals surface area contributed by atoms with Crippen molar-refractivity contribution < 1.29 is 0 Å².